The molecule has 0 saturated heterocycles. The number of hydrogen-bond donors (Lipinski definition) is 1. The summed E-state index contributed by atoms with van der Waals surface area (Å²) in [5, 5.41) is 9.83. The van der Waals surface area contributed by atoms with Crippen LogP contribution in [0.2, 0.25) is 10.0 Å². The van der Waals surface area contributed by atoms with Gasteiger partial charge in [-0.2, -0.15) is 5.26 Å². The number of rotatable bonds is 1. The Morgan fingerprint density at radius 1 is 1.15 bits per heavy atom. The molecule has 0 atom stereocenters. The van der Waals surface area contributed by atoms with Gasteiger partial charge in [-0.1, -0.05) is 29.3 Å². The van der Waals surface area contributed by atoms with Crippen molar-refractivity contribution in [2.75, 3.05) is 5.73 Å². The number of anilines is 1. The minimum atomic E-state index is 0.291. The van der Waals surface area contributed by atoms with Crippen LogP contribution in [0.5, 0.6) is 0 Å². The van der Waals surface area contributed by atoms with Crippen molar-refractivity contribution in [3.63, 3.8) is 0 Å². The van der Waals surface area contributed by atoms with E-state index in [-0.39, 0.29) is 0 Å². The van der Waals surface area contributed by atoms with E-state index >= 15 is 0 Å². The molecule has 0 fully saturated rings. The normalized spacial score (nSPS) is 10.7. The van der Waals surface area contributed by atoms with E-state index < -0.39 is 0 Å². The van der Waals surface area contributed by atoms with Gasteiger partial charge in [0, 0.05) is 0 Å². The zero-order valence-electron chi connectivity index (χ0n) is 10.1. The summed E-state index contributed by atoms with van der Waals surface area (Å²) in [6.45, 7) is 0. The summed E-state index contributed by atoms with van der Waals surface area (Å²) < 4.78 is 1.68. The molecule has 1 aromatic heterocycles. The first kappa shape index (κ1) is 12.8. The number of aromatic nitrogens is 2. The van der Waals surface area contributed by atoms with Gasteiger partial charge in [-0.05, 0) is 30.3 Å². The zero-order chi connectivity index (χ0) is 14.3. The van der Waals surface area contributed by atoms with Crippen molar-refractivity contribution in [3.8, 4) is 11.8 Å². The summed E-state index contributed by atoms with van der Waals surface area (Å²) in [5.74, 6) is 0.291. The van der Waals surface area contributed by atoms with Crippen molar-refractivity contribution in [1.29, 1.82) is 5.26 Å². The fraction of sp³-hybridized carbons (Fsp3) is 0. The Morgan fingerprint density at radius 3 is 2.65 bits per heavy atom. The molecule has 2 N–H and O–H groups in total. The van der Waals surface area contributed by atoms with Crippen LogP contribution >= 0.6 is 23.2 Å². The largest absolute Gasteiger partial charge is 0.369 e. The van der Waals surface area contributed by atoms with Gasteiger partial charge in [-0.15, -0.1) is 0 Å². The summed E-state index contributed by atoms with van der Waals surface area (Å²) in [7, 11) is 0. The number of fused-ring (bicyclic) bond motifs is 1. The van der Waals surface area contributed by atoms with Gasteiger partial charge in [-0.25, -0.2) is 4.98 Å². The second-order valence-electron chi connectivity index (χ2n) is 4.19. The number of nitrogens with zero attached hydrogens (tertiary/aromatic N) is 3. The highest BCUT2D eigenvalue weighted by Crippen LogP contribution is 2.32. The van der Waals surface area contributed by atoms with Crippen molar-refractivity contribution < 1.29 is 0 Å². The third kappa shape index (κ3) is 1.88. The van der Waals surface area contributed by atoms with Crippen LogP contribution in [0.1, 0.15) is 5.56 Å². The number of nitrogens with two attached hydrogens (primary N) is 1. The first-order chi connectivity index (χ1) is 9.61. The Hall–Kier alpha value is -2.22. The van der Waals surface area contributed by atoms with Gasteiger partial charge >= 0.3 is 0 Å². The van der Waals surface area contributed by atoms with E-state index in [1.807, 2.05) is 18.2 Å². The quantitative estimate of drug-likeness (QED) is 0.743. The van der Waals surface area contributed by atoms with E-state index in [1.165, 1.54) is 0 Å². The SMILES string of the molecule is N#Cc1ccc(-n2c(N)nc3cccc(Cl)c32)c(Cl)c1. The number of nitrogen functional groups attached to an aromatic ring is 1. The average Bonchev–Trinajstić information content (AvgIpc) is 2.76. The topological polar surface area (TPSA) is 67.6 Å². The fourth-order valence-electron chi connectivity index (χ4n) is 2.11. The number of benzene rings is 2. The van der Waals surface area contributed by atoms with Gasteiger partial charge in [0.1, 0.15) is 0 Å². The van der Waals surface area contributed by atoms with Crippen LogP contribution in [0, 0.1) is 11.3 Å². The first-order valence-electron chi connectivity index (χ1n) is 5.74. The highest BCUT2D eigenvalue weighted by atomic mass is 35.5. The van der Waals surface area contributed by atoms with E-state index in [0.29, 0.717) is 38.3 Å². The third-order valence-corrected chi connectivity index (χ3v) is 3.58. The molecule has 0 aliphatic rings. The molecule has 20 heavy (non-hydrogen) atoms. The third-order valence-electron chi connectivity index (χ3n) is 2.97. The molecule has 0 radical (unpaired) electrons. The second kappa shape index (κ2) is 4.71. The molecule has 6 heteroatoms. The molecule has 1 heterocycles. The van der Waals surface area contributed by atoms with Crippen molar-refractivity contribution in [2.45, 2.75) is 0 Å². The van der Waals surface area contributed by atoms with Crippen LogP contribution in [-0.2, 0) is 0 Å². The molecule has 4 nitrogen and oxygen atoms in total. The van der Waals surface area contributed by atoms with Gasteiger partial charge in [0.05, 0.1) is 38.4 Å². The molecule has 0 unspecified atom stereocenters. The molecule has 3 rings (SSSR count). The predicted molar refractivity (Wildman–Crippen MR) is 80.2 cm³/mol. The van der Waals surface area contributed by atoms with Crippen LogP contribution in [0.25, 0.3) is 16.7 Å². The van der Waals surface area contributed by atoms with Crippen LogP contribution in [-0.4, -0.2) is 9.55 Å². The van der Waals surface area contributed by atoms with E-state index in [2.05, 4.69) is 4.98 Å². The molecular weight excluding hydrogens is 295 g/mol. The molecule has 0 spiro atoms. The number of imidazole rings is 1. The summed E-state index contributed by atoms with van der Waals surface area (Å²) >= 11 is 12.5. The molecule has 3 aromatic rings. The smallest absolute Gasteiger partial charge is 0.206 e. The number of halogens is 2. The Morgan fingerprint density at radius 2 is 1.95 bits per heavy atom. The van der Waals surface area contributed by atoms with E-state index in [1.54, 1.807) is 28.8 Å². The lowest BCUT2D eigenvalue weighted by molar-refractivity contribution is 1.11. The molecule has 0 bridgehead atoms. The Kier molecular flexibility index (Phi) is 3.01. The Labute approximate surface area is 125 Å². The Balaban J connectivity index is 2.35. The molecule has 2 aromatic carbocycles. The van der Waals surface area contributed by atoms with Gasteiger partial charge in [0.15, 0.2) is 0 Å². The van der Waals surface area contributed by atoms with Crippen molar-refractivity contribution in [2.24, 2.45) is 0 Å². The zero-order valence-corrected chi connectivity index (χ0v) is 11.7. The lowest BCUT2D eigenvalue weighted by atomic mass is 10.2. The number of nitriles is 1. The van der Waals surface area contributed by atoms with Gasteiger partial charge in [0.2, 0.25) is 5.95 Å². The fourth-order valence-corrected chi connectivity index (χ4v) is 2.62. The summed E-state index contributed by atoms with van der Waals surface area (Å²) in [6.07, 6.45) is 0. The van der Waals surface area contributed by atoms with Gasteiger partial charge in [-0.3, -0.25) is 4.57 Å². The van der Waals surface area contributed by atoms with E-state index in [4.69, 9.17) is 34.2 Å². The maximum absolute atomic E-state index is 8.88. The monoisotopic (exact) mass is 302 g/mol. The van der Waals surface area contributed by atoms with Crippen molar-refractivity contribution >= 4 is 40.2 Å². The summed E-state index contributed by atoms with van der Waals surface area (Å²) in [6, 6.07) is 12.4. The minimum Gasteiger partial charge on any atom is -0.369 e. The average molecular weight is 303 g/mol. The van der Waals surface area contributed by atoms with Crippen LogP contribution in [0.15, 0.2) is 36.4 Å². The highest BCUT2D eigenvalue weighted by molar-refractivity contribution is 6.35. The molecule has 0 aliphatic heterocycles. The number of para-hydroxylation sites is 1. The molecule has 98 valence electrons. The molecule has 0 amide bonds. The number of hydrogen-bond acceptors (Lipinski definition) is 3. The highest BCUT2D eigenvalue weighted by Gasteiger charge is 2.15. The molecule has 0 saturated carbocycles. The summed E-state index contributed by atoms with van der Waals surface area (Å²) in [4.78, 5) is 4.27. The van der Waals surface area contributed by atoms with Crippen molar-refractivity contribution in [1.82, 2.24) is 9.55 Å². The minimum absolute atomic E-state index is 0.291. The van der Waals surface area contributed by atoms with Gasteiger partial charge < -0.3 is 5.73 Å². The lowest BCUT2D eigenvalue weighted by Gasteiger charge is -2.09. The maximum Gasteiger partial charge on any atom is 0.206 e. The predicted octanol–water partition coefficient (Wildman–Crippen LogP) is 3.79. The second-order valence-corrected chi connectivity index (χ2v) is 5.01. The molecular formula is C14H8Cl2N4. The van der Waals surface area contributed by atoms with E-state index in [0.717, 1.165) is 0 Å². The van der Waals surface area contributed by atoms with Crippen LogP contribution in [0.3, 0.4) is 0 Å². The van der Waals surface area contributed by atoms with E-state index in [9.17, 15) is 0 Å². The van der Waals surface area contributed by atoms with Gasteiger partial charge in [0.25, 0.3) is 0 Å². The summed E-state index contributed by atoms with van der Waals surface area (Å²) in [5.41, 5.74) is 8.46. The molecule has 0 aliphatic carbocycles. The Bertz CT molecular complexity index is 861. The van der Waals surface area contributed by atoms with Crippen LogP contribution < -0.4 is 5.73 Å². The van der Waals surface area contributed by atoms with Crippen LogP contribution in [0.4, 0.5) is 5.95 Å². The first-order valence-corrected chi connectivity index (χ1v) is 6.50. The lowest BCUT2D eigenvalue weighted by Crippen LogP contribution is -2.01. The maximum atomic E-state index is 8.88. The van der Waals surface area contributed by atoms with Crippen molar-refractivity contribution in [3.05, 3.63) is 52.0 Å². The standard InChI is InChI=1S/C14H8Cl2N4/c15-9-2-1-3-11-13(9)20(14(18)19-11)12-5-4-8(7-17)6-10(12)16/h1-6H,(H2,18,19).